The van der Waals surface area contributed by atoms with Crippen molar-refractivity contribution in [2.75, 3.05) is 6.16 Å². The van der Waals surface area contributed by atoms with E-state index in [-0.39, 0.29) is 0 Å². The average Bonchev–Trinajstić information content (AvgIpc) is 2.54. The van der Waals surface area contributed by atoms with Gasteiger partial charge in [-0.2, -0.15) is 0 Å². The lowest BCUT2D eigenvalue weighted by Gasteiger charge is -2.15. The van der Waals surface area contributed by atoms with Crippen molar-refractivity contribution in [1.29, 1.82) is 0 Å². The quantitative estimate of drug-likeness (QED) is 0.624. The Labute approximate surface area is 82.1 Å². The number of hydrogen-bond donors (Lipinski definition) is 0. The molecule has 0 amide bonds. The highest BCUT2D eigenvalue weighted by Crippen LogP contribution is 2.51. The highest BCUT2D eigenvalue weighted by molar-refractivity contribution is 7.57. The Bertz CT molecular complexity index is 255. The molecule has 2 atom stereocenters. The van der Waals surface area contributed by atoms with Gasteiger partial charge in [-0.1, -0.05) is 45.2 Å². The molecule has 0 aliphatic carbocycles. The summed E-state index contributed by atoms with van der Waals surface area (Å²) in [5, 5.41) is 0. The molecule has 1 aliphatic rings. The number of rotatable bonds is 2. The third-order valence-electron chi connectivity index (χ3n) is 2.92. The summed E-state index contributed by atoms with van der Waals surface area (Å²) in [6, 6.07) is 11.0. The van der Waals surface area contributed by atoms with Gasteiger partial charge in [0, 0.05) is 0 Å². The molecule has 2 unspecified atom stereocenters. The topological polar surface area (TPSA) is 0 Å². The standard InChI is InChI=1S/C12H17P/c1-11-6-5-9-13(11)10-12-7-3-2-4-8-12/h2-4,7-8,11H,5-6,9-10H2,1H3. The van der Waals surface area contributed by atoms with E-state index in [0.29, 0.717) is 7.92 Å². The zero-order valence-electron chi connectivity index (χ0n) is 8.24. The van der Waals surface area contributed by atoms with Gasteiger partial charge >= 0.3 is 0 Å². The molecule has 0 N–H and O–H groups in total. The van der Waals surface area contributed by atoms with Gasteiger partial charge in [0.05, 0.1) is 0 Å². The maximum absolute atomic E-state index is 2.43. The lowest BCUT2D eigenvalue weighted by Crippen LogP contribution is -1.94. The fourth-order valence-corrected chi connectivity index (χ4v) is 4.77. The highest BCUT2D eigenvalue weighted by atomic mass is 31.1. The van der Waals surface area contributed by atoms with Gasteiger partial charge in [0.1, 0.15) is 0 Å². The second-order valence-corrected chi connectivity index (χ2v) is 6.77. The van der Waals surface area contributed by atoms with E-state index in [2.05, 4.69) is 37.3 Å². The van der Waals surface area contributed by atoms with Crippen LogP contribution in [0, 0.1) is 0 Å². The monoisotopic (exact) mass is 192 g/mol. The van der Waals surface area contributed by atoms with E-state index in [1.165, 1.54) is 25.2 Å². The molecule has 0 radical (unpaired) electrons. The maximum atomic E-state index is 2.43. The van der Waals surface area contributed by atoms with Crippen LogP contribution < -0.4 is 0 Å². The van der Waals surface area contributed by atoms with E-state index in [9.17, 15) is 0 Å². The summed E-state index contributed by atoms with van der Waals surface area (Å²) in [6.45, 7) is 2.43. The van der Waals surface area contributed by atoms with Crippen molar-refractivity contribution >= 4 is 7.92 Å². The van der Waals surface area contributed by atoms with Crippen LogP contribution in [0.4, 0.5) is 0 Å². The molecule has 0 spiro atoms. The van der Waals surface area contributed by atoms with E-state index in [1.807, 2.05) is 0 Å². The molecule has 0 nitrogen and oxygen atoms in total. The molecular weight excluding hydrogens is 175 g/mol. The van der Waals surface area contributed by atoms with Crippen molar-refractivity contribution in [3.05, 3.63) is 35.9 Å². The van der Waals surface area contributed by atoms with Crippen LogP contribution in [0.2, 0.25) is 0 Å². The van der Waals surface area contributed by atoms with Gasteiger partial charge in [-0.3, -0.25) is 0 Å². The molecule has 13 heavy (non-hydrogen) atoms. The largest absolute Gasteiger partial charge is 0.0993 e. The van der Waals surface area contributed by atoms with Crippen molar-refractivity contribution < 1.29 is 0 Å². The van der Waals surface area contributed by atoms with Crippen LogP contribution in [0.5, 0.6) is 0 Å². The molecular formula is C12H17P. The van der Waals surface area contributed by atoms with Crippen LogP contribution >= 0.6 is 7.92 Å². The van der Waals surface area contributed by atoms with Gasteiger partial charge in [-0.05, 0) is 36.4 Å². The summed E-state index contributed by atoms with van der Waals surface area (Å²) in [5.74, 6) is 0. The molecule has 1 heterocycles. The first-order valence-corrected chi connectivity index (χ1v) is 6.92. The second kappa shape index (κ2) is 4.24. The summed E-state index contributed by atoms with van der Waals surface area (Å²) < 4.78 is 0. The number of hydrogen-bond acceptors (Lipinski definition) is 0. The maximum Gasteiger partial charge on any atom is -0.00707 e. The minimum absolute atomic E-state index is 0.317. The Morgan fingerprint density at radius 2 is 2.08 bits per heavy atom. The van der Waals surface area contributed by atoms with E-state index in [4.69, 9.17) is 0 Å². The lowest BCUT2D eigenvalue weighted by molar-refractivity contribution is 0.835. The minimum atomic E-state index is 0.317. The van der Waals surface area contributed by atoms with Crippen molar-refractivity contribution in [2.45, 2.75) is 31.6 Å². The highest BCUT2D eigenvalue weighted by Gasteiger charge is 2.22. The summed E-state index contributed by atoms with van der Waals surface area (Å²) in [7, 11) is 0.317. The third kappa shape index (κ3) is 2.31. The Morgan fingerprint density at radius 1 is 1.31 bits per heavy atom. The molecule has 0 aromatic heterocycles. The summed E-state index contributed by atoms with van der Waals surface area (Å²) >= 11 is 0. The van der Waals surface area contributed by atoms with E-state index in [1.54, 1.807) is 5.56 Å². The molecule has 1 aromatic carbocycles. The first-order chi connectivity index (χ1) is 6.36. The smallest absolute Gasteiger partial charge is 0.00707 e. The minimum Gasteiger partial charge on any atom is -0.0993 e. The van der Waals surface area contributed by atoms with Gasteiger partial charge in [-0.15, -0.1) is 0 Å². The van der Waals surface area contributed by atoms with Crippen molar-refractivity contribution in [3.63, 3.8) is 0 Å². The van der Waals surface area contributed by atoms with Gasteiger partial charge < -0.3 is 0 Å². The van der Waals surface area contributed by atoms with Crippen molar-refractivity contribution in [3.8, 4) is 0 Å². The van der Waals surface area contributed by atoms with Crippen LogP contribution in [0.1, 0.15) is 25.3 Å². The van der Waals surface area contributed by atoms with Crippen LogP contribution in [0.3, 0.4) is 0 Å². The normalized spacial score (nSPS) is 27.8. The zero-order valence-corrected chi connectivity index (χ0v) is 9.13. The summed E-state index contributed by atoms with van der Waals surface area (Å²) in [6.07, 6.45) is 5.81. The molecule has 1 saturated heterocycles. The van der Waals surface area contributed by atoms with Gasteiger partial charge in [0.2, 0.25) is 0 Å². The molecule has 1 aliphatic heterocycles. The Hall–Kier alpha value is -0.350. The average molecular weight is 192 g/mol. The third-order valence-corrected chi connectivity index (χ3v) is 6.09. The van der Waals surface area contributed by atoms with Crippen LogP contribution in [0.25, 0.3) is 0 Å². The van der Waals surface area contributed by atoms with Crippen molar-refractivity contribution in [2.24, 2.45) is 0 Å². The first-order valence-electron chi connectivity index (χ1n) is 5.14. The first kappa shape index (κ1) is 9.21. The van der Waals surface area contributed by atoms with Gasteiger partial charge in [-0.25, -0.2) is 0 Å². The molecule has 1 fully saturated rings. The number of benzene rings is 1. The molecule has 70 valence electrons. The van der Waals surface area contributed by atoms with Crippen molar-refractivity contribution in [1.82, 2.24) is 0 Å². The van der Waals surface area contributed by atoms with Gasteiger partial charge in [0.25, 0.3) is 0 Å². The zero-order chi connectivity index (χ0) is 9.10. The van der Waals surface area contributed by atoms with Crippen LogP contribution in [-0.2, 0) is 6.16 Å². The fourth-order valence-electron chi connectivity index (χ4n) is 2.05. The molecule has 2 rings (SSSR count). The summed E-state index contributed by atoms with van der Waals surface area (Å²) in [4.78, 5) is 0. The predicted molar refractivity (Wildman–Crippen MR) is 60.6 cm³/mol. The SMILES string of the molecule is CC1CCCP1Cc1ccccc1. The molecule has 1 heteroatoms. The van der Waals surface area contributed by atoms with E-state index < -0.39 is 0 Å². The van der Waals surface area contributed by atoms with E-state index >= 15 is 0 Å². The fraction of sp³-hybridized carbons (Fsp3) is 0.500. The summed E-state index contributed by atoms with van der Waals surface area (Å²) in [5.41, 5.74) is 2.55. The molecule has 0 saturated carbocycles. The molecule has 1 aromatic rings. The van der Waals surface area contributed by atoms with Gasteiger partial charge in [0.15, 0.2) is 0 Å². The Kier molecular flexibility index (Phi) is 3.01. The predicted octanol–water partition coefficient (Wildman–Crippen LogP) is 3.85. The van der Waals surface area contributed by atoms with Crippen LogP contribution in [0.15, 0.2) is 30.3 Å². The molecule has 0 bridgehead atoms. The van der Waals surface area contributed by atoms with E-state index in [0.717, 1.165) is 5.66 Å². The lowest BCUT2D eigenvalue weighted by atomic mass is 10.2. The Balaban J connectivity index is 1.98. The van der Waals surface area contributed by atoms with Crippen LogP contribution in [-0.4, -0.2) is 11.8 Å². The second-order valence-electron chi connectivity index (χ2n) is 3.95. The Morgan fingerprint density at radius 3 is 2.69 bits per heavy atom.